The fraction of sp³-hybridized carbons (Fsp3) is 0.889. The number of carbonyl (C=O) groups excluding carboxylic acids is 1. The molecule has 0 radical (unpaired) electrons. The van der Waals surface area contributed by atoms with Gasteiger partial charge in [0.1, 0.15) is 0 Å². The molecule has 0 aromatic heterocycles. The molecule has 1 aliphatic rings. The van der Waals surface area contributed by atoms with Crippen LogP contribution in [0.3, 0.4) is 0 Å². The summed E-state index contributed by atoms with van der Waals surface area (Å²) in [6.45, 7) is 3.30. The zero-order valence-electron chi connectivity index (χ0n) is 7.92. The summed E-state index contributed by atoms with van der Waals surface area (Å²) in [5.41, 5.74) is -0.582. The van der Waals surface area contributed by atoms with Crippen LogP contribution in [0.2, 0.25) is 0 Å². The Hall–Kier alpha value is -0.0900. The van der Waals surface area contributed by atoms with Crippen molar-refractivity contribution in [1.29, 1.82) is 0 Å². The molecule has 1 rings (SSSR count). The van der Waals surface area contributed by atoms with E-state index < -0.39 is 5.60 Å². The van der Waals surface area contributed by atoms with E-state index in [-0.39, 0.29) is 5.91 Å². The van der Waals surface area contributed by atoms with Crippen LogP contribution in [0.4, 0.5) is 0 Å². The minimum absolute atomic E-state index is 0.123. The van der Waals surface area contributed by atoms with E-state index in [1.165, 1.54) is 0 Å². The van der Waals surface area contributed by atoms with Gasteiger partial charge in [-0.1, -0.05) is 15.9 Å². The van der Waals surface area contributed by atoms with Crippen LogP contribution in [-0.2, 0) is 4.79 Å². The van der Waals surface area contributed by atoms with Crippen LogP contribution in [-0.4, -0.2) is 39.9 Å². The van der Waals surface area contributed by atoms with Crippen molar-refractivity contribution in [3.8, 4) is 0 Å². The van der Waals surface area contributed by atoms with Gasteiger partial charge in [0.2, 0.25) is 5.91 Å². The summed E-state index contributed by atoms with van der Waals surface area (Å²) in [6.07, 6.45) is 2.37. The number of rotatable bonds is 1. The Balaban J connectivity index is 2.49. The summed E-state index contributed by atoms with van der Waals surface area (Å²) < 4.78 is 0. The molecule has 0 aliphatic carbocycles. The van der Waals surface area contributed by atoms with E-state index in [2.05, 4.69) is 15.9 Å². The molecule has 1 aliphatic heterocycles. The first-order chi connectivity index (χ1) is 6.05. The van der Waals surface area contributed by atoms with Crippen LogP contribution in [0.15, 0.2) is 0 Å². The third kappa shape index (κ3) is 3.27. The standard InChI is InChI=1S/C9H16BrNO2/c1-9(13)3-2-5-11(6-4-9)8(12)7-10/h13H,2-7H2,1H3. The van der Waals surface area contributed by atoms with Crippen molar-refractivity contribution in [2.75, 3.05) is 18.4 Å². The van der Waals surface area contributed by atoms with Crippen molar-refractivity contribution in [2.45, 2.75) is 31.8 Å². The third-order valence-corrected chi connectivity index (χ3v) is 3.01. The molecule has 0 aromatic carbocycles. The second-order valence-electron chi connectivity index (χ2n) is 3.86. The number of alkyl halides is 1. The van der Waals surface area contributed by atoms with E-state index >= 15 is 0 Å². The van der Waals surface area contributed by atoms with Crippen LogP contribution >= 0.6 is 15.9 Å². The monoisotopic (exact) mass is 249 g/mol. The zero-order chi connectivity index (χ0) is 9.90. The number of carbonyl (C=O) groups is 1. The molecule has 1 atom stereocenters. The fourth-order valence-corrected chi connectivity index (χ4v) is 1.95. The van der Waals surface area contributed by atoms with E-state index in [1.807, 2.05) is 11.8 Å². The lowest BCUT2D eigenvalue weighted by Crippen LogP contribution is -2.34. The summed E-state index contributed by atoms with van der Waals surface area (Å²) in [4.78, 5) is 13.1. The van der Waals surface area contributed by atoms with Gasteiger partial charge in [-0.15, -0.1) is 0 Å². The summed E-state index contributed by atoms with van der Waals surface area (Å²) in [6, 6.07) is 0. The smallest absolute Gasteiger partial charge is 0.233 e. The van der Waals surface area contributed by atoms with Crippen LogP contribution < -0.4 is 0 Å². The lowest BCUT2D eigenvalue weighted by molar-refractivity contribution is -0.128. The molecule has 4 heteroatoms. The van der Waals surface area contributed by atoms with Crippen LogP contribution in [0.25, 0.3) is 0 Å². The van der Waals surface area contributed by atoms with Gasteiger partial charge >= 0.3 is 0 Å². The zero-order valence-corrected chi connectivity index (χ0v) is 9.51. The van der Waals surface area contributed by atoms with Gasteiger partial charge < -0.3 is 10.0 Å². The number of halogens is 1. The van der Waals surface area contributed by atoms with Crippen molar-refractivity contribution in [2.24, 2.45) is 0 Å². The topological polar surface area (TPSA) is 40.5 Å². The van der Waals surface area contributed by atoms with Crippen molar-refractivity contribution in [3.05, 3.63) is 0 Å². The van der Waals surface area contributed by atoms with E-state index in [0.717, 1.165) is 19.4 Å². The molecular weight excluding hydrogens is 234 g/mol. The molecule has 76 valence electrons. The highest BCUT2D eigenvalue weighted by Gasteiger charge is 2.26. The number of likely N-dealkylation sites (tertiary alicyclic amines) is 1. The van der Waals surface area contributed by atoms with Gasteiger partial charge in [0.05, 0.1) is 10.9 Å². The summed E-state index contributed by atoms with van der Waals surface area (Å²) >= 11 is 3.15. The van der Waals surface area contributed by atoms with E-state index in [4.69, 9.17) is 0 Å². The maximum atomic E-state index is 11.3. The summed E-state index contributed by atoms with van der Waals surface area (Å²) in [5, 5.41) is 10.2. The Labute approximate surface area is 87.2 Å². The van der Waals surface area contributed by atoms with Crippen molar-refractivity contribution in [3.63, 3.8) is 0 Å². The van der Waals surface area contributed by atoms with Crippen molar-refractivity contribution in [1.82, 2.24) is 4.90 Å². The molecular formula is C9H16BrNO2. The van der Waals surface area contributed by atoms with E-state index in [9.17, 15) is 9.90 Å². The molecule has 0 spiro atoms. The maximum Gasteiger partial charge on any atom is 0.233 e. The number of amides is 1. The SMILES string of the molecule is CC1(O)CCCN(C(=O)CBr)CC1. The fourth-order valence-electron chi connectivity index (χ4n) is 1.60. The molecule has 1 unspecified atom stereocenters. The Morgan fingerprint density at radius 1 is 1.54 bits per heavy atom. The van der Waals surface area contributed by atoms with Gasteiger partial charge in [-0.2, -0.15) is 0 Å². The molecule has 1 heterocycles. The Bertz CT molecular complexity index is 194. The van der Waals surface area contributed by atoms with Crippen LogP contribution in [0.5, 0.6) is 0 Å². The van der Waals surface area contributed by atoms with Gasteiger partial charge in [0.25, 0.3) is 0 Å². The molecule has 13 heavy (non-hydrogen) atoms. The first-order valence-corrected chi connectivity index (χ1v) is 5.73. The van der Waals surface area contributed by atoms with Gasteiger partial charge in [0, 0.05) is 13.1 Å². The molecule has 0 aromatic rings. The Kier molecular flexibility index (Phi) is 3.74. The number of nitrogens with zero attached hydrogens (tertiary/aromatic N) is 1. The lowest BCUT2D eigenvalue weighted by atomic mass is 9.98. The first kappa shape index (κ1) is 11.0. The Morgan fingerprint density at radius 2 is 2.23 bits per heavy atom. The predicted molar refractivity (Wildman–Crippen MR) is 54.8 cm³/mol. The van der Waals surface area contributed by atoms with Gasteiger partial charge in [0.15, 0.2) is 0 Å². The average Bonchev–Trinajstić information content (AvgIpc) is 2.25. The highest BCUT2D eigenvalue weighted by atomic mass is 79.9. The lowest BCUT2D eigenvalue weighted by Gasteiger charge is -2.21. The van der Waals surface area contributed by atoms with Gasteiger partial charge in [-0.3, -0.25) is 4.79 Å². The molecule has 0 bridgehead atoms. The van der Waals surface area contributed by atoms with Gasteiger partial charge in [-0.05, 0) is 26.2 Å². The normalized spacial score (nSPS) is 29.9. The highest BCUT2D eigenvalue weighted by molar-refractivity contribution is 9.09. The van der Waals surface area contributed by atoms with Crippen LogP contribution in [0, 0.1) is 0 Å². The second-order valence-corrected chi connectivity index (χ2v) is 4.43. The average molecular weight is 250 g/mol. The molecule has 1 N–H and O–H groups in total. The largest absolute Gasteiger partial charge is 0.390 e. The number of hydrogen-bond acceptors (Lipinski definition) is 2. The molecule has 0 saturated carbocycles. The first-order valence-electron chi connectivity index (χ1n) is 4.61. The quantitative estimate of drug-likeness (QED) is 0.709. The Morgan fingerprint density at radius 3 is 2.85 bits per heavy atom. The molecule has 3 nitrogen and oxygen atoms in total. The van der Waals surface area contributed by atoms with E-state index in [0.29, 0.717) is 18.3 Å². The van der Waals surface area contributed by atoms with E-state index in [1.54, 1.807) is 0 Å². The highest BCUT2D eigenvalue weighted by Crippen LogP contribution is 2.21. The second kappa shape index (κ2) is 4.42. The molecule has 1 fully saturated rings. The molecule has 1 amide bonds. The number of aliphatic hydroxyl groups is 1. The molecule has 1 saturated heterocycles. The van der Waals surface area contributed by atoms with Crippen molar-refractivity contribution < 1.29 is 9.90 Å². The number of hydrogen-bond donors (Lipinski definition) is 1. The minimum atomic E-state index is -0.582. The van der Waals surface area contributed by atoms with Crippen molar-refractivity contribution >= 4 is 21.8 Å². The maximum absolute atomic E-state index is 11.3. The summed E-state index contributed by atoms with van der Waals surface area (Å²) in [5.74, 6) is 0.123. The predicted octanol–water partition coefficient (Wildman–Crippen LogP) is 1.14. The van der Waals surface area contributed by atoms with Gasteiger partial charge in [-0.25, -0.2) is 0 Å². The van der Waals surface area contributed by atoms with Crippen LogP contribution in [0.1, 0.15) is 26.2 Å². The third-order valence-electron chi connectivity index (χ3n) is 2.53. The minimum Gasteiger partial charge on any atom is -0.390 e. The summed E-state index contributed by atoms with van der Waals surface area (Å²) in [7, 11) is 0.